The Balaban J connectivity index is 1.05. The Morgan fingerprint density at radius 3 is 1.83 bits per heavy atom. The van der Waals surface area contributed by atoms with Crippen LogP contribution in [0.15, 0.2) is 191 Å². The highest BCUT2D eigenvalue weighted by Crippen LogP contribution is 2.53. The van der Waals surface area contributed by atoms with Crippen molar-refractivity contribution in [3.8, 4) is 45.3 Å². The van der Waals surface area contributed by atoms with E-state index in [0.717, 1.165) is 88.8 Å². The summed E-state index contributed by atoms with van der Waals surface area (Å²) >= 11 is 0. The molecule has 1 aliphatic heterocycles. The highest BCUT2D eigenvalue weighted by molar-refractivity contribution is 6.13. The maximum Gasteiger partial charge on any atom is 0.164 e. The number of aromatic nitrogens is 3. The predicted molar refractivity (Wildman–Crippen MR) is 243 cm³/mol. The van der Waals surface area contributed by atoms with Crippen LogP contribution in [0.4, 0.5) is 17.1 Å². The standard InChI is InChI=1S/C54H36N4O2/c1-54(2)42-23-10-11-24-44(42)58(45-29-27-35(31-43(45)54)37-20-13-21-39-38-19-9-12-25-46(38)60-50(37)39)36-28-30-47-41(32-36)49-40(22-14-26-48(49)59-47)53-56-51(33-15-5-3-6-16-33)55-52(57-53)34-17-7-4-8-18-34/h3-32H,1-2H3. The molecular formula is C54H36N4O2. The zero-order valence-electron chi connectivity index (χ0n) is 32.9. The van der Waals surface area contributed by atoms with Crippen molar-refractivity contribution in [2.45, 2.75) is 19.3 Å². The normalized spacial score (nSPS) is 13.3. The van der Waals surface area contributed by atoms with E-state index in [0.29, 0.717) is 17.5 Å². The lowest BCUT2D eigenvalue weighted by Crippen LogP contribution is -2.30. The molecule has 8 aromatic carbocycles. The number of hydrogen-bond acceptors (Lipinski definition) is 6. The van der Waals surface area contributed by atoms with Crippen molar-refractivity contribution in [3.63, 3.8) is 0 Å². The number of fused-ring (bicyclic) bond motifs is 8. The van der Waals surface area contributed by atoms with Crippen molar-refractivity contribution in [1.29, 1.82) is 0 Å². The van der Waals surface area contributed by atoms with Gasteiger partial charge in [0.15, 0.2) is 17.5 Å². The van der Waals surface area contributed by atoms with E-state index in [2.05, 4.69) is 116 Å². The van der Waals surface area contributed by atoms with Crippen molar-refractivity contribution < 1.29 is 8.83 Å². The van der Waals surface area contributed by atoms with E-state index < -0.39 is 0 Å². The van der Waals surface area contributed by atoms with Crippen molar-refractivity contribution in [2.75, 3.05) is 4.90 Å². The number of hydrogen-bond donors (Lipinski definition) is 0. The third kappa shape index (κ3) is 5.24. The van der Waals surface area contributed by atoms with Crippen LogP contribution >= 0.6 is 0 Å². The van der Waals surface area contributed by atoms with Gasteiger partial charge in [0.05, 0.1) is 11.4 Å². The number of benzene rings is 8. The van der Waals surface area contributed by atoms with E-state index >= 15 is 0 Å². The monoisotopic (exact) mass is 772 g/mol. The average molecular weight is 773 g/mol. The molecule has 0 saturated heterocycles. The van der Waals surface area contributed by atoms with E-state index in [4.69, 9.17) is 23.8 Å². The van der Waals surface area contributed by atoms with E-state index in [9.17, 15) is 0 Å². The molecule has 60 heavy (non-hydrogen) atoms. The molecule has 6 heteroatoms. The lowest BCUT2D eigenvalue weighted by molar-refractivity contribution is 0.632. The fourth-order valence-corrected chi connectivity index (χ4v) is 9.19. The molecule has 1 aliphatic rings. The zero-order valence-corrected chi connectivity index (χ0v) is 32.9. The number of para-hydroxylation sites is 3. The van der Waals surface area contributed by atoms with Gasteiger partial charge >= 0.3 is 0 Å². The van der Waals surface area contributed by atoms with Crippen molar-refractivity contribution in [1.82, 2.24) is 15.0 Å². The lowest BCUT2D eigenvalue weighted by atomic mass is 9.73. The van der Waals surface area contributed by atoms with Crippen LogP contribution in [-0.2, 0) is 5.41 Å². The second kappa shape index (κ2) is 13.1. The van der Waals surface area contributed by atoms with E-state index in [-0.39, 0.29) is 5.41 Å². The molecule has 12 rings (SSSR count). The molecule has 0 radical (unpaired) electrons. The van der Waals surface area contributed by atoms with Gasteiger partial charge in [-0.1, -0.05) is 147 Å². The molecule has 284 valence electrons. The van der Waals surface area contributed by atoms with Gasteiger partial charge in [0.25, 0.3) is 0 Å². The average Bonchev–Trinajstić information content (AvgIpc) is 3.88. The highest BCUT2D eigenvalue weighted by Gasteiger charge is 2.37. The summed E-state index contributed by atoms with van der Waals surface area (Å²) in [6.45, 7) is 4.66. The maximum atomic E-state index is 6.58. The van der Waals surface area contributed by atoms with Crippen LogP contribution in [0.1, 0.15) is 25.0 Å². The first-order chi connectivity index (χ1) is 29.5. The van der Waals surface area contributed by atoms with Crippen LogP contribution in [0.25, 0.3) is 89.2 Å². The van der Waals surface area contributed by atoms with Crippen molar-refractivity contribution in [3.05, 3.63) is 193 Å². The summed E-state index contributed by atoms with van der Waals surface area (Å²) in [6, 6.07) is 63.1. The van der Waals surface area contributed by atoms with Gasteiger partial charge in [-0.2, -0.15) is 0 Å². The van der Waals surface area contributed by atoms with E-state index in [1.54, 1.807) is 0 Å². The zero-order chi connectivity index (χ0) is 40.0. The van der Waals surface area contributed by atoms with Crippen molar-refractivity contribution >= 4 is 60.9 Å². The first-order valence-electron chi connectivity index (χ1n) is 20.3. The molecule has 4 heterocycles. The van der Waals surface area contributed by atoms with Crippen LogP contribution < -0.4 is 4.90 Å². The molecule has 0 amide bonds. The summed E-state index contributed by atoms with van der Waals surface area (Å²) in [7, 11) is 0. The highest BCUT2D eigenvalue weighted by atomic mass is 16.3. The Bertz CT molecular complexity index is 3420. The smallest absolute Gasteiger partial charge is 0.164 e. The predicted octanol–water partition coefficient (Wildman–Crippen LogP) is 14.4. The number of furan rings is 2. The summed E-state index contributed by atoms with van der Waals surface area (Å²) in [6.07, 6.45) is 0. The Morgan fingerprint density at radius 1 is 0.417 bits per heavy atom. The fourth-order valence-electron chi connectivity index (χ4n) is 9.19. The molecule has 0 atom stereocenters. The van der Waals surface area contributed by atoms with E-state index in [1.165, 1.54) is 11.1 Å². The Labute approximate surface area is 346 Å². The summed E-state index contributed by atoms with van der Waals surface area (Å²) < 4.78 is 13.1. The quantitative estimate of drug-likeness (QED) is 0.174. The van der Waals surface area contributed by atoms with Gasteiger partial charge in [0, 0.05) is 54.9 Å². The van der Waals surface area contributed by atoms with Crippen LogP contribution in [0.5, 0.6) is 0 Å². The second-order valence-electron chi connectivity index (χ2n) is 16.0. The third-order valence-electron chi connectivity index (χ3n) is 12.1. The molecule has 0 N–H and O–H groups in total. The van der Waals surface area contributed by atoms with Gasteiger partial charge in [0.1, 0.15) is 22.3 Å². The minimum atomic E-state index is -0.286. The molecule has 0 bridgehead atoms. The van der Waals surface area contributed by atoms with Gasteiger partial charge in [-0.25, -0.2) is 15.0 Å². The van der Waals surface area contributed by atoms with Gasteiger partial charge in [-0.05, 0) is 65.2 Å². The fraction of sp³-hybridized carbons (Fsp3) is 0.0556. The SMILES string of the molecule is CC1(C)c2ccccc2N(c2ccc3oc4cccc(-c5nc(-c6ccccc6)nc(-c6ccccc6)n5)c4c3c2)c2ccc(-c3cccc4c3oc3ccccc34)cc21. The minimum absolute atomic E-state index is 0.286. The third-order valence-corrected chi connectivity index (χ3v) is 12.1. The summed E-state index contributed by atoms with van der Waals surface area (Å²) in [5, 5.41) is 4.19. The lowest BCUT2D eigenvalue weighted by Gasteiger charge is -2.42. The van der Waals surface area contributed by atoms with Crippen LogP contribution in [0, 0.1) is 0 Å². The maximum absolute atomic E-state index is 6.58. The largest absolute Gasteiger partial charge is 0.456 e. The van der Waals surface area contributed by atoms with Crippen LogP contribution in [-0.4, -0.2) is 15.0 Å². The Kier molecular flexibility index (Phi) is 7.47. The first kappa shape index (κ1) is 34.2. The molecule has 3 aromatic heterocycles. The molecule has 0 fully saturated rings. The summed E-state index contributed by atoms with van der Waals surface area (Å²) in [5.74, 6) is 1.82. The summed E-state index contributed by atoms with van der Waals surface area (Å²) in [4.78, 5) is 17.6. The van der Waals surface area contributed by atoms with Gasteiger partial charge in [-0.15, -0.1) is 0 Å². The number of rotatable bonds is 5. The summed E-state index contributed by atoms with van der Waals surface area (Å²) in [5.41, 5.74) is 13.8. The van der Waals surface area contributed by atoms with Crippen molar-refractivity contribution in [2.24, 2.45) is 0 Å². The number of nitrogens with zero attached hydrogens (tertiary/aromatic N) is 4. The molecule has 6 nitrogen and oxygen atoms in total. The van der Waals surface area contributed by atoms with Gasteiger partial charge in [0.2, 0.25) is 0 Å². The van der Waals surface area contributed by atoms with Crippen LogP contribution in [0.2, 0.25) is 0 Å². The topological polar surface area (TPSA) is 68.2 Å². The minimum Gasteiger partial charge on any atom is -0.456 e. The molecule has 11 aromatic rings. The number of anilines is 3. The molecule has 0 unspecified atom stereocenters. The second-order valence-corrected chi connectivity index (χ2v) is 16.0. The van der Waals surface area contributed by atoms with Gasteiger partial charge in [-0.3, -0.25) is 0 Å². The van der Waals surface area contributed by atoms with Gasteiger partial charge < -0.3 is 13.7 Å². The van der Waals surface area contributed by atoms with Crippen LogP contribution in [0.3, 0.4) is 0 Å². The molecule has 0 saturated carbocycles. The molecular weight excluding hydrogens is 737 g/mol. The first-order valence-corrected chi connectivity index (χ1v) is 20.3. The van der Waals surface area contributed by atoms with E-state index in [1.807, 2.05) is 84.9 Å². The molecule has 0 spiro atoms. The Hall–Kier alpha value is -7.83. The molecule has 0 aliphatic carbocycles. The Morgan fingerprint density at radius 2 is 1.03 bits per heavy atom.